The van der Waals surface area contributed by atoms with Gasteiger partial charge in [0.05, 0.1) is 18.5 Å². The van der Waals surface area contributed by atoms with Gasteiger partial charge in [-0.25, -0.2) is 9.78 Å². The van der Waals surface area contributed by atoms with Crippen molar-refractivity contribution in [3.63, 3.8) is 0 Å². The maximum atomic E-state index is 13.2. The minimum absolute atomic E-state index is 0.0473. The standard InChI is InChI=1S/C24H33N7O8/c1-12(32)20(24(38)39)31-22(36)17(6-7-19(26)34)29-23(37)18(9-14-10-27-11-28-14)30-21(35)16(25)8-13-2-4-15(33)5-3-13/h2-5,10-12,16-18,20,32-33H,6-9,25H2,1H3,(H2,26,34)(H,27,28)(H,29,37)(H,30,35)(H,31,36)(H,38,39). The molecule has 0 bridgehead atoms. The molecule has 0 aliphatic rings. The third-order valence-corrected chi connectivity index (χ3v) is 5.70. The van der Waals surface area contributed by atoms with E-state index >= 15 is 0 Å². The maximum Gasteiger partial charge on any atom is 0.328 e. The summed E-state index contributed by atoms with van der Waals surface area (Å²) in [5.41, 5.74) is 12.3. The number of hydrogen-bond acceptors (Lipinski definition) is 9. The number of nitrogens with two attached hydrogens (primary N) is 2. The largest absolute Gasteiger partial charge is 0.508 e. The van der Waals surface area contributed by atoms with Gasteiger partial charge in [0.2, 0.25) is 23.6 Å². The molecule has 0 saturated heterocycles. The molecule has 11 N–H and O–H groups in total. The number of amides is 4. The number of aromatic amines is 1. The summed E-state index contributed by atoms with van der Waals surface area (Å²) in [4.78, 5) is 68.3. The van der Waals surface area contributed by atoms with Gasteiger partial charge in [-0.1, -0.05) is 12.1 Å². The van der Waals surface area contributed by atoms with Crippen LogP contribution in [0, 0.1) is 0 Å². The number of nitrogens with zero attached hydrogens (tertiary/aromatic N) is 1. The predicted molar refractivity (Wildman–Crippen MR) is 136 cm³/mol. The number of H-pyrrole nitrogens is 1. The Morgan fingerprint density at radius 3 is 2.13 bits per heavy atom. The molecule has 15 heteroatoms. The molecule has 1 aromatic carbocycles. The van der Waals surface area contributed by atoms with Crippen molar-refractivity contribution in [2.24, 2.45) is 11.5 Å². The number of imidazole rings is 1. The van der Waals surface area contributed by atoms with E-state index in [1.165, 1.54) is 24.7 Å². The first kappa shape index (κ1) is 30.7. The summed E-state index contributed by atoms with van der Waals surface area (Å²) >= 11 is 0. The van der Waals surface area contributed by atoms with Crippen LogP contribution in [0.2, 0.25) is 0 Å². The summed E-state index contributed by atoms with van der Waals surface area (Å²) in [7, 11) is 0. The normalized spacial score (nSPS) is 14.7. The van der Waals surface area contributed by atoms with Crippen molar-refractivity contribution >= 4 is 29.6 Å². The van der Waals surface area contributed by atoms with Gasteiger partial charge in [-0.05, 0) is 37.5 Å². The third kappa shape index (κ3) is 10.1. The summed E-state index contributed by atoms with van der Waals surface area (Å²) in [5.74, 6) is -4.72. The first-order valence-corrected chi connectivity index (χ1v) is 12.0. The Labute approximate surface area is 223 Å². The second kappa shape index (κ2) is 14.4. The SMILES string of the molecule is CC(O)C(NC(=O)C(CCC(N)=O)NC(=O)C(Cc1cnc[nH]1)NC(=O)C(N)Cc1ccc(O)cc1)C(=O)O. The van der Waals surface area contributed by atoms with Crippen molar-refractivity contribution in [3.05, 3.63) is 48.0 Å². The average Bonchev–Trinajstić information content (AvgIpc) is 3.38. The molecule has 0 aliphatic heterocycles. The molecule has 0 spiro atoms. The van der Waals surface area contributed by atoms with Gasteiger partial charge in [-0.3, -0.25) is 19.2 Å². The molecule has 2 rings (SSSR count). The number of nitrogens with one attached hydrogen (secondary N) is 4. The van der Waals surface area contributed by atoms with E-state index in [-0.39, 0.29) is 31.4 Å². The number of aliphatic carboxylic acids is 1. The van der Waals surface area contributed by atoms with Gasteiger partial charge in [-0.15, -0.1) is 0 Å². The van der Waals surface area contributed by atoms with E-state index in [1.54, 1.807) is 12.1 Å². The number of hydrogen-bond donors (Lipinski definition) is 9. The van der Waals surface area contributed by atoms with Crippen LogP contribution in [-0.2, 0) is 36.8 Å². The lowest BCUT2D eigenvalue weighted by molar-refractivity contribution is -0.145. The molecular formula is C24H33N7O8. The van der Waals surface area contributed by atoms with Crippen LogP contribution in [0.4, 0.5) is 0 Å². The molecule has 1 heterocycles. The zero-order chi connectivity index (χ0) is 29.1. The summed E-state index contributed by atoms with van der Waals surface area (Å²) in [5, 5.41) is 35.4. The van der Waals surface area contributed by atoms with Crippen molar-refractivity contribution in [3.8, 4) is 5.75 Å². The summed E-state index contributed by atoms with van der Waals surface area (Å²) in [6.07, 6.45) is 0.780. The molecule has 0 aliphatic carbocycles. The van der Waals surface area contributed by atoms with E-state index in [0.717, 1.165) is 6.92 Å². The fraction of sp³-hybridized carbons (Fsp3) is 0.417. The first-order valence-electron chi connectivity index (χ1n) is 12.0. The molecule has 39 heavy (non-hydrogen) atoms. The highest BCUT2D eigenvalue weighted by atomic mass is 16.4. The number of rotatable bonds is 15. The number of aromatic nitrogens is 2. The molecule has 212 valence electrons. The van der Waals surface area contributed by atoms with Gasteiger partial charge < -0.3 is 47.7 Å². The number of phenols is 1. The minimum atomic E-state index is -1.68. The van der Waals surface area contributed by atoms with Crippen LogP contribution in [-0.4, -0.2) is 85.2 Å². The third-order valence-electron chi connectivity index (χ3n) is 5.70. The molecule has 1 aromatic heterocycles. The Morgan fingerprint density at radius 1 is 0.974 bits per heavy atom. The van der Waals surface area contributed by atoms with Gasteiger partial charge in [-0.2, -0.15) is 0 Å². The van der Waals surface area contributed by atoms with Crippen molar-refractivity contribution in [2.75, 3.05) is 0 Å². The van der Waals surface area contributed by atoms with Crippen LogP contribution in [0.3, 0.4) is 0 Å². The van der Waals surface area contributed by atoms with Crippen LogP contribution >= 0.6 is 0 Å². The molecule has 2 aromatic rings. The summed E-state index contributed by atoms with van der Waals surface area (Å²) in [6.45, 7) is 1.16. The van der Waals surface area contributed by atoms with Crippen LogP contribution in [0.1, 0.15) is 31.0 Å². The Hall–Kier alpha value is -4.50. The average molecular weight is 548 g/mol. The highest BCUT2D eigenvalue weighted by Crippen LogP contribution is 2.11. The lowest BCUT2D eigenvalue weighted by Crippen LogP contribution is -2.58. The molecule has 0 radical (unpaired) electrons. The van der Waals surface area contributed by atoms with Gasteiger partial charge in [0, 0.05) is 24.7 Å². The zero-order valence-electron chi connectivity index (χ0n) is 21.2. The Balaban J connectivity index is 2.19. The van der Waals surface area contributed by atoms with Crippen molar-refractivity contribution in [1.29, 1.82) is 0 Å². The maximum absolute atomic E-state index is 13.2. The number of benzene rings is 1. The first-order chi connectivity index (χ1) is 18.4. The second-order valence-electron chi connectivity index (χ2n) is 8.95. The number of carbonyl (C=O) groups is 5. The van der Waals surface area contributed by atoms with Crippen LogP contribution in [0.25, 0.3) is 0 Å². The fourth-order valence-electron chi connectivity index (χ4n) is 3.55. The Morgan fingerprint density at radius 2 is 1.59 bits per heavy atom. The topological polar surface area (TPSA) is 263 Å². The number of primary amides is 1. The summed E-state index contributed by atoms with van der Waals surface area (Å²) in [6, 6.07) is 0.660. The lowest BCUT2D eigenvalue weighted by Gasteiger charge is -2.25. The molecule has 0 saturated carbocycles. The van der Waals surface area contributed by atoms with E-state index in [2.05, 4.69) is 25.9 Å². The van der Waals surface area contributed by atoms with Gasteiger partial charge in [0.1, 0.15) is 17.8 Å². The fourth-order valence-corrected chi connectivity index (χ4v) is 3.55. The van der Waals surface area contributed by atoms with E-state index in [4.69, 9.17) is 11.5 Å². The van der Waals surface area contributed by atoms with Crippen molar-refractivity contribution < 1.29 is 39.3 Å². The molecular weight excluding hydrogens is 514 g/mol. The van der Waals surface area contributed by atoms with Crippen LogP contribution in [0.15, 0.2) is 36.8 Å². The monoisotopic (exact) mass is 547 g/mol. The zero-order valence-corrected chi connectivity index (χ0v) is 21.2. The van der Waals surface area contributed by atoms with Crippen LogP contribution < -0.4 is 27.4 Å². The number of aliphatic hydroxyl groups is 1. The number of carbonyl (C=O) groups excluding carboxylic acids is 4. The predicted octanol–water partition coefficient (Wildman–Crippen LogP) is -2.59. The van der Waals surface area contributed by atoms with E-state index < -0.39 is 59.9 Å². The van der Waals surface area contributed by atoms with Gasteiger partial charge >= 0.3 is 5.97 Å². The summed E-state index contributed by atoms with van der Waals surface area (Å²) < 4.78 is 0. The minimum Gasteiger partial charge on any atom is -0.508 e. The molecule has 4 amide bonds. The Kier molecular flexibility index (Phi) is 11.4. The number of aliphatic hydroxyl groups excluding tert-OH is 1. The van der Waals surface area contributed by atoms with Gasteiger partial charge in [0.15, 0.2) is 6.04 Å². The molecule has 0 fully saturated rings. The second-order valence-corrected chi connectivity index (χ2v) is 8.95. The van der Waals surface area contributed by atoms with Crippen molar-refractivity contribution in [2.45, 2.75) is 62.9 Å². The van der Waals surface area contributed by atoms with Crippen molar-refractivity contribution in [1.82, 2.24) is 25.9 Å². The van der Waals surface area contributed by atoms with E-state index in [1.807, 2.05) is 0 Å². The smallest absolute Gasteiger partial charge is 0.328 e. The number of phenolic OH excluding ortho intramolecular Hbond substituents is 1. The Bertz CT molecular complexity index is 1140. The van der Waals surface area contributed by atoms with Gasteiger partial charge in [0.25, 0.3) is 0 Å². The lowest BCUT2D eigenvalue weighted by atomic mass is 10.0. The molecule has 5 unspecified atom stereocenters. The molecule has 15 nitrogen and oxygen atoms in total. The van der Waals surface area contributed by atoms with Crippen LogP contribution in [0.5, 0.6) is 5.75 Å². The number of aromatic hydroxyl groups is 1. The quantitative estimate of drug-likeness (QED) is 0.112. The number of carboxylic acid groups (broad SMARTS) is 1. The van der Waals surface area contributed by atoms with E-state index in [0.29, 0.717) is 11.3 Å². The highest BCUT2D eigenvalue weighted by molar-refractivity contribution is 5.94. The van der Waals surface area contributed by atoms with E-state index in [9.17, 15) is 39.3 Å². The number of carboxylic acids is 1. The molecule has 5 atom stereocenters. The highest BCUT2D eigenvalue weighted by Gasteiger charge is 2.32.